The molecule has 250 valence electrons. The highest BCUT2D eigenvalue weighted by Crippen LogP contribution is 2.40. The number of allylic oxidation sites excluding steroid dienone is 1. The van der Waals surface area contributed by atoms with E-state index >= 15 is 8.78 Å². The second kappa shape index (κ2) is 14.4. The van der Waals surface area contributed by atoms with Crippen LogP contribution in [0.25, 0.3) is 6.08 Å². The number of rotatable bonds is 11. The van der Waals surface area contributed by atoms with E-state index in [1.807, 2.05) is 6.07 Å². The number of hydrogen-bond acceptors (Lipinski definition) is 10. The highest BCUT2D eigenvalue weighted by atomic mass is 32.2. The van der Waals surface area contributed by atoms with E-state index in [0.717, 1.165) is 29.8 Å². The van der Waals surface area contributed by atoms with Crippen LogP contribution in [0.4, 0.5) is 20.4 Å². The number of pyridine rings is 1. The fourth-order valence-corrected chi connectivity index (χ4v) is 6.86. The molecule has 2 aliphatic rings. The summed E-state index contributed by atoms with van der Waals surface area (Å²) in [7, 11) is -3.13. The van der Waals surface area contributed by atoms with Crippen molar-refractivity contribution in [1.82, 2.24) is 15.0 Å². The van der Waals surface area contributed by atoms with Gasteiger partial charge in [-0.2, -0.15) is 5.26 Å². The monoisotopic (exact) mass is 667 g/mol. The van der Waals surface area contributed by atoms with Gasteiger partial charge in [-0.3, -0.25) is 4.98 Å². The van der Waals surface area contributed by atoms with Crippen LogP contribution in [0.3, 0.4) is 0 Å². The second-order valence-electron chi connectivity index (χ2n) is 12.4. The lowest BCUT2D eigenvalue weighted by atomic mass is 9.74. The van der Waals surface area contributed by atoms with E-state index in [4.69, 9.17) is 20.6 Å². The molecule has 14 heteroatoms. The lowest BCUT2D eigenvalue weighted by Gasteiger charge is -2.39. The molecule has 0 unspecified atom stereocenters. The van der Waals surface area contributed by atoms with Crippen molar-refractivity contribution in [2.75, 3.05) is 37.1 Å². The quantitative estimate of drug-likeness (QED) is 0.210. The third-order valence-corrected chi connectivity index (χ3v) is 9.87. The number of H-pyrrole nitrogens is 1. The fraction of sp³-hybridized carbons (Fsp3) is 0.455. The number of nitriles is 1. The molecule has 11 nitrogen and oxygen atoms in total. The number of imidazole rings is 1. The standard InChI is InChI=1S/C33H39F2N7O4S/c1-20-13-21(14-28(38)31(20)46-11-12-47(2,43)44)24-5-8-39-18-29(24)42-32-40-17-23(41-32)3-4-27(37)30-25(34)15-22(16-26(30)35)33(19-36)6-9-45-10-7-33/h3-5,8,15-18,20-21,28,31,37H,6-7,9-14,38H2,1-2H3,(H2,40,41,42)/b4-3-,37-27?/t20-,21+,28+,31-/m0/s1. The number of nitrogens with zero attached hydrogens (tertiary/aromatic N) is 3. The van der Waals surface area contributed by atoms with Crippen molar-refractivity contribution in [2.45, 2.75) is 56.1 Å². The lowest BCUT2D eigenvalue weighted by molar-refractivity contribution is -0.0152. The van der Waals surface area contributed by atoms with Gasteiger partial charge < -0.3 is 30.9 Å². The van der Waals surface area contributed by atoms with E-state index in [9.17, 15) is 13.7 Å². The number of hydrogen-bond donors (Lipinski definition) is 4. The Morgan fingerprint density at radius 2 is 2.00 bits per heavy atom. The zero-order chi connectivity index (χ0) is 33.8. The normalized spacial score (nSPS) is 23.0. The summed E-state index contributed by atoms with van der Waals surface area (Å²) in [6.07, 6.45) is 10.7. The molecule has 4 atom stereocenters. The molecule has 2 fully saturated rings. The van der Waals surface area contributed by atoms with Gasteiger partial charge in [0, 0.05) is 31.7 Å². The maximum atomic E-state index is 15.1. The van der Waals surface area contributed by atoms with Gasteiger partial charge in [0.15, 0.2) is 0 Å². The zero-order valence-corrected chi connectivity index (χ0v) is 27.1. The molecule has 0 spiro atoms. The molecular weight excluding hydrogens is 628 g/mol. The van der Waals surface area contributed by atoms with Crippen LogP contribution < -0.4 is 11.1 Å². The van der Waals surface area contributed by atoms with Crippen molar-refractivity contribution < 1.29 is 26.7 Å². The Hall–Kier alpha value is -4.03. The van der Waals surface area contributed by atoms with Gasteiger partial charge in [0.05, 0.1) is 65.0 Å². The van der Waals surface area contributed by atoms with Gasteiger partial charge in [0.25, 0.3) is 0 Å². The van der Waals surface area contributed by atoms with Crippen molar-refractivity contribution in [3.63, 3.8) is 0 Å². The van der Waals surface area contributed by atoms with E-state index in [1.54, 1.807) is 12.4 Å². The number of nitrogens with two attached hydrogens (primary N) is 1. The van der Waals surface area contributed by atoms with Gasteiger partial charge in [-0.25, -0.2) is 22.2 Å². The average Bonchev–Trinajstić information content (AvgIpc) is 3.48. The summed E-state index contributed by atoms with van der Waals surface area (Å²) in [4.78, 5) is 11.7. The first-order chi connectivity index (χ1) is 22.4. The first-order valence-electron chi connectivity index (χ1n) is 15.5. The SMILES string of the molecule is C[C@H]1C[C@@H](c2ccncc2Nc2ncc(/C=C\C(=N)c3c(F)cc(C4(C#N)CCOCC4)cc3F)[nH]2)C[C@@H](N)[C@H]1OCCS(C)(=O)=O. The van der Waals surface area contributed by atoms with Crippen LogP contribution in [0.5, 0.6) is 0 Å². The summed E-state index contributed by atoms with van der Waals surface area (Å²) in [5.41, 5.74) is 7.11. The number of benzene rings is 1. The Bertz CT molecular complexity index is 1750. The molecule has 47 heavy (non-hydrogen) atoms. The first-order valence-corrected chi connectivity index (χ1v) is 17.5. The topological polar surface area (TPSA) is 180 Å². The van der Waals surface area contributed by atoms with Gasteiger partial charge in [-0.15, -0.1) is 0 Å². The Morgan fingerprint density at radius 3 is 2.66 bits per heavy atom. The molecule has 0 radical (unpaired) electrons. The van der Waals surface area contributed by atoms with Gasteiger partial charge in [-0.1, -0.05) is 6.92 Å². The Balaban J connectivity index is 1.24. The first kappa shape index (κ1) is 34.3. The molecule has 1 aliphatic carbocycles. The summed E-state index contributed by atoms with van der Waals surface area (Å²) >= 11 is 0. The van der Waals surface area contributed by atoms with Gasteiger partial charge in [0.2, 0.25) is 5.95 Å². The molecule has 5 N–H and O–H groups in total. The van der Waals surface area contributed by atoms with Crippen LogP contribution in [-0.4, -0.2) is 73.1 Å². The third kappa shape index (κ3) is 8.10. The number of aromatic amines is 1. The summed E-state index contributed by atoms with van der Waals surface area (Å²) < 4.78 is 64.5. The van der Waals surface area contributed by atoms with E-state index in [0.29, 0.717) is 44.1 Å². The molecule has 5 rings (SSSR count). The van der Waals surface area contributed by atoms with Gasteiger partial charge >= 0.3 is 0 Å². The third-order valence-electron chi connectivity index (χ3n) is 8.96. The fourth-order valence-electron chi connectivity index (χ4n) is 6.47. The van der Waals surface area contributed by atoms with Crippen LogP contribution in [0.15, 0.2) is 42.9 Å². The Morgan fingerprint density at radius 1 is 1.28 bits per heavy atom. The van der Waals surface area contributed by atoms with Crippen molar-refractivity contribution in [2.24, 2.45) is 11.7 Å². The molecule has 1 aromatic carbocycles. The zero-order valence-electron chi connectivity index (χ0n) is 26.3. The predicted octanol–water partition coefficient (Wildman–Crippen LogP) is 4.75. The largest absolute Gasteiger partial charge is 0.381 e. The molecule has 3 heterocycles. The predicted molar refractivity (Wildman–Crippen MR) is 174 cm³/mol. The highest BCUT2D eigenvalue weighted by Gasteiger charge is 2.37. The van der Waals surface area contributed by atoms with Crippen LogP contribution >= 0.6 is 0 Å². The maximum absolute atomic E-state index is 15.1. The van der Waals surface area contributed by atoms with Gasteiger partial charge in [0.1, 0.15) is 21.5 Å². The van der Waals surface area contributed by atoms with Gasteiger partial charge in [-0.05, 0) is 79.0 Å². The summed E-state index contributed by atoms with van der Waals surface area (Å²) in [5, 5.41) is 21.4. The minimum atomic E-state index is -3.13. The minimum Gasteiger partial charge on any atom is -0.381 e. The number of sulfone groups is 1. The number of aromatic nitrogens is 3. The summed E-state index contributed by atoms with van der Waals surface area (Å²) in [6, 6.07) is 6.15. The van der Waals surface area contributed by atoms with Crippen molar-refractivity contribution >= 4 is 33.3 Å². The molecular formula is C33H39F2N7O4S. The van der Waals surface area contributed by atoms with Crippen LogP contribution in [-0.2, 0) is 24.7 Å². The maximum Gasteiger partial charge on any atom is 0.205 e. The average molecular weight is 668 g/mol. The molecule has 1 saturated heterocycles. The second-order valence-corrected chi connectivity index (χ2v) is 14.7. The summed E-state index contributed by atoms with van der Waals surface area (Å²) in [6.45, 7) is 2.83. The minimum absolute atomic E-state index is 0.0481. The number of anilines is 2. The number of halogens is 2. The highest BCUT2D eigenvalue weighted by molar-refractivity contribution is 7.90. The van der Waals surface area contributed by atoms with E-state index in [-0.39, 0.29) is 47.6 Å². The molecule has 0 bridgehead atoms. The van der Waals surface area contributed by atoms with Crippen molar-refractivity contribution in [1.29, 1.82) is 10.7 Å². The van der Waals surface area contributed by atoms with E-state index in [1.165, 1.54) is 24.6 Å². The summed E-state index contributed by atoms with van der Waals surface area (Å²) in [5.74, 6) is -1.26. The molecule has 0 amide bonds. The molecule has 3 aromatic rings. The number of nitrogens with one attached hydrogen (secondary N) is 3. The number of ether oxygens (including phenoxy) is 2. The van der Waals surface area contributed by atoms with E-state index < -0.39 is 32.5 Å². The Kier molecular flexibility index (Phi) is 10.5. The smallest absolute Gasteiger partial charge is 0.205 e. The van der Waals surface area contributed by atoms with Crippen LogP contribution in [0.1, 0.15) is 60.9 Å². The Labute approximate surface area is 273 Å². The molecule has 1 aliphatic heterocycles. The van der Waals surface area contributed by atoms with Crippen molar-refractivity contribution in [3.8, 4) is 6.07 Å². The van der Waals surface area contributed by atoms with Crippen molar-refractivity contribution in [3.05, 3.63) is 76.9 Å². The van der Waals surface area contributed by atoms with E-state index in [2.05, 4.69) is 33.3 Å². The lowest BCUT2D eigenvalue weighted by Crippen LogP contribution is -2.47. The molecule has 2 aromatic heterocycles. The van der Waals surface area contributed by atoms with Crippen LogP contribution in [0.2, 0.25) is 0 Å². The van der Waals surface area contributed by atoms with Crippen LogP contribution in [0, 0.1) is 34.3 Å². The molecule has 1 saturated carbocycles.